The molecular weight excluding hydrogens is 410 g/mol. The average Bonchev–Trinajstić information content (AvgIpc) is 3.04. The molecule has 2 heterocycles. The predicted molar refractivity (Wildman–Crippen MR) is 109 cm³/mol. The number of hydrogen-bond donors (Lipinski definition) is 0. The van der Waals surface area contributed by atoms with Crippen molar-refractivity contribution in [2.75, 3.05) is 6.54 Å². The molecule has 5 nitrogen and oxygen atoms in total. The summed E-state index contributed by atoms with van der Waals surface area (Å²) in [5.41, 5.74) is 2.37. The lowest BCUT2D eigenvalue weighted by Gasteiger charge is -2.34. The maximum atomic E-state index is 13.5. The van der Waals surface area contributed by atoms with Gasteiger partial charge in [-0.25, -0.2) is 8.42 Å². The quantitative estimate of drug-likeness (QED) is 0.612. The van der Waals surface area contributed by atoms with Crippen LogP contribution in [0.3, 0.4) is 0 Å². The largest absolute Gasteiger partial charge is 0.456 e. The highest BCUT2D eigenvalue weighted by Crippen LogP contribution is 2.52. The molecule has 3 aromatic carbocycles. The molecule has 2 aliphatic rings. The molecule has 148 valence electrons. The van der Waals surface area contributed by atoms with Crippen LogP contribution < -0.4 is 4.74 Å². The minimum atomic E-state index is -3.81. The predicted octanol–water partition coefficient (Wildman–Crippen LogP) is 4.61. The van der Waals surface area contributed by atoms with Crippen LogP contribution in [0.1, 0.15) is 22.9 Å². The average molecular weight is 428 g/mol. The minimum absolute atomic E-state index is 0.0319. The fourth-order valence-corrected chi connectivity index (χ4v) is 5.45. The molecule has 0 aliphatic carbocycles. The summed E-state index contributed by atoms with van der Waals surface area (Å²) >= 11 is 6.17. The van der Waals surface area contributed by atoms with Gasteiger partial charge in [0.1, 0.15) is 5.75 Å². The Kier molecular flexibility index (Phi) is 4.22. The van der Waals surface area contributed by atoms with Crippen LogP contribution in [0.2, 0.25) is 5.02 Å². The highest BCUT2D eigenvalue weighted by molar-refractivity contribution is 7.89. The lowest BCUT2D eigenvalue weighted by atomic mass is 10.1. The van der Waals surface area contributed by atoms with Gasteiger partial charge in [0.25, 0.3) is 5.79 Å². The van der Waals surface area contributed by atoms with Gasteiger partial charge in [0.05, 0.1) is 11.4 Å². The second-order valence-electron chi connectivity index (χ2n) is 7.24. The number of halogens is 1. The van der Waals surface area contributed by atoms with Crippen molar-refractivity contribution in [1.29, 1.82) is 0 Å². The molecule has 2 bridgehead atoms. The van der Waals surface area contributed by atoms with Crippen LogP contribution in [-0.2, 0) is 20.5 Å². The van der Waals surface area contributed by atoms with Gasteiger partial charge in [0.2, 0.25) is 10.0 Å². The summed E-state index contributed by atoms with van der Waals surface area (Å²) < 4.78 is 40.9. The number of ether oxygens (including phenoxy) is 2. The Balaban J connectivity index is 1.66. The van der Waals surface area contributed by atoms with Crippen molar-refractivity contribution in [3.8, 4) is 5.75 Å². The maximum absolute atomic E-state index is 13.5. The Morgan fingerprint density at radius 1 is 1.03 bits per heavy atom. The van der Waals surface area contributed by atoms with Crippen molar-refractivity contribution in [3.63, 3.8) is 0 Å². The molecular formula is C22H18ClNO4S. The summed E-state index contributed by atoms with van der Waals surface area (Å²) in [6.45, 7) is 1.95. The van der Waals surface area contributed by atoms with Gasteiger partial charge in [-0.05, 0) is 37.3 Å². The van der Waals surface area contributed by atoms with Crippen molar-refractivity contribution in [3.05, 3.63) is 94.5 Å². The second-order valence-corrected chi connectivity index (χ2v) is 9.56. The lowest BCUT2D eigenvalue weighted by Crippen LogP contribution is -2.39. The van der Waals surface area contributed by atoms with Crippen LogP contribution in [0.25, 0.3) is 0 Å². The summed E-state index contributed by atoms with van der Waals surface area (Å²) in [7, 11) is -3.81. The molecule has 0 spiro atoms. The van der Waals surface area contributed by atoms with Crippen molar-refractivity contribution in [2.24, 2.45) is 0 Å². The first-order valence-electron chi connectivity index (χ1n) is 9.19. The van der Waals surface area contributed by atoms with Gasteiger partial charge in [-0.15, -0.1) is 0 Å². The number of aryl methyl sites for hydroxylation is 1. The van der Waals surface area contributed by atoms with Crippen LogP contribution >= 0.6 is 11.6 Å². The molecule has 1 fully saturated rings. The van der Waals surface area contributed by atoms with E-state index in [0.717, 1.165) is 11.1 Å². The molecule has 0 N–H and O–H groups in total. The van der Waals surface area contributed by atoms with Crippen LogP contribution in [0.4, 0.5) is 0 Å². The summed E-state index contributed by atoms with van der Waals surface area (Å²) in [6, 6.07) is 21.3. The molecule has 29 heavy (non-hydrogen) atoms. The van der Waals surface area contributed by atoms with Crippen LogP contribution in [0, 0.1) is 6.92 Å². The molecule has 0 aromatic heterocycles. The molecule has 2 atom stereocenters. The van der Waals surface area contributed by atoms with Gasteiger partial charge in [-0.3, -0.25) is 0 Å². The zero-order valence-electron chi connectivity index (χ0n) is 15.6. The standard InChI is InChI=1S/C22H18ClNO4S/c1-15-7-10-18(11-8-15)29(25,26)24-14-22(16-5-3-2-4-6-16)27-20-13-17(23)9-12-19(20)21(24)28-22/h2-13,21H,14H2,1H3/t21-,22+/m1/s1. The van der Waals surface area contributed by atoms with E-state index in [1.54, 1.807) is 42.5 Å². The smallest absolute Gasteiger partial charge is 0.253 e. The minimum Gasteiger partial charge on any atom is -0.456 e. The first-order chi connectivity index (χ1) is 13.9. The Hall–Kier alpha value is -2.38. The highest BCUT2D eigenvalue weighted by atomic mass is 35.5. The third-order valence-electron chi connectivity index (χ3n) is 5.29. The molecule has 7 heteroatoms. The third kappa shape index (κ3) is 2.95. The van der Waals surface area contributed by atoms with Gasteiger partial charge < -0.3 is 9.47 Å². The normalized spacial score (nSPS) is 23.4. The first kappa shape index (κ1) is 18.6. The van der Waals surface area contributed by atoms with Crippen molar-refractivity contribution in [2.45, 2.75) is 23.8 Å². The van der Waals surface area contributed by atoms with E-state index in [1.807, 2.05) is 37.3 Å². The summed E-state index contributed by atoms with van der Waals surface area (Å²) in [4.78, 5) is 0.220. The van der Waals surface area contributed by atoms with Crippen molar-refractivity contribution in [1.82, 2.24) is 4.31 Å². The molecule has 0 saturated carbocycles. The third-order valence-corrected chi connectivity index (χ3v) is 7.33. The monoisotopic (exact) mass is 427 g/mol. The Labute approximate surface area is 174 Å². The van der Waals surface area contributed by atoms with Gasteiger partial charge >= 0.3 is 0 Å². The molecule has 0 radical (unpaired) electrons. The van der Waals surface area contributed by atoms with E-state index in [2.05, 4.69) is 0 Å². The number of fused-ring (bicyclic) bond motifs is 4. The van der Waals surface area contributed by atoms with E-state index in [1.165, 1.54) is 4.31 Å². The number of rotatable bonds is 3. The van der Waals surface area contributed by atoms with E-state index < -0.39 is 22.0 Å². The molecule has 0 unspecified atom stereocenters. The van der Waals surface area contributed by atoms with Crippen molar-refractivity contribution >= 4 is 21.6 Å². The van der Waals surface area contributed by atoms with E-state index in [4.69, 9.17) is 21.1 Å². The van der Waals surface area contributed by atoms with Crippen LogP contribution in [0.15, 0.2) is 77.7 Å². The molecule has 5 rings (SSSR count). The molecule has 2 aliphatic heterocycles. The SMILES string of the molecule is Cc1ccc(S(=O)(=O)N2C[C@]3(c4ccccc4)Oc4cc(Cl)ccc4[C@H]2O3)cc1. The number of sulfonamides is 1. The Bertz CT molecular complexity index is 1180. The van der Waals surface area contributed by atoms with Gasteiger partial charge in [0.15, 0.2) is 6.23 Å². The second kappa shape index (κ2) is 6.57. The fraction of sp³-hybridized carbons (Fsp3) is 0.182. The molecule has 3 aromatic rings. The van der Waals surface area contributed by atoms with Gasteiger partial charge in [-0.2, -0.15) is 4.31 Å². The van der Waals surface area contributed by atoms with Crippen molar-refractivity contribution < 1.29 is 17.9 Å². The highest BCUT2D eigenvalue weighted by Gasteiger charge is 2.57. The zero-order valence-corrected chi connectivity index (χ0v) is 17.2. The number of benzene rings is 3. The number of hydrogen-bond acceptors (Lipinski definition) is 4. The van der Waals surface area contributed by atoms with E-state index >= 15 is 0 Å². The lowest BCUT2D eigenvalue weighted by molar-refractivity contribution is -0.194. The summed E-state index contributed by atoms with van der Waals surface area (Å²) in [6.07, 6.45) is -0.803. The summed E-state index contributed by atoms with van der Waals surface area (Å²) in [5.74, 6) is -0.708. The van der Waals surface area contributed by atoms with E-state index in [-0.39, 0.29) is 11.4 Å². The van der Waals surface area contributed by atoms with E-state index in [0.29, 0.717) is 16.3 Å². The van der Waals surface area contributed by atoms with Gasteiger partial charge in [0, 0.05) is 16.1 Å². The van der Waals surface area contributed by atoms with Crippen LogP contribution in [0.5, 0.6) is 5.75 Å². The van der Waals surface area contributed by atoms with Crippen LogP contribution in [-0.4, -0.2) is 19.3 Å². The molecule has 1 saturated heterocycles. The van der Waals surface area contributed by atoms with E-state index in [9.17, 15) is 8.42 Å². The maximum Gasteiger partial charge on any atom is 0.253 e. The Morgan fingerprint density at radius 2 is 1.76 bits per heavy atom. The van der Waals surface area contributed by atoms with Gasteiger partial charge in [-0.1, -0.05) is 59.6 Å². The Morgan fingerprint density at radius 3 is 2.48 bits per heavy atom. The molecule has 0 amide bonds. The zero-order chi connectivity index (χ0) is 20.2. The number of nitrogens with zero attached hydrogens (tertiary/aromatic N) is 1. The topological polar surface area (TPSA) is 55.8 Å². The first-order valence-corrected chi connectivity index (χ1v) is 11.0. The summed E-state index contributed by atoms with van der Waals surface area (Å²) in [5, 5.41) is 0.515. The fourth-order valence-electron chi connectivity index (χ4n) is 3.78.